The van der Waals surface area contributed by atoms with Crippen molar-refractivity contribution in [3.05, 3.63) is 72.8 Å². The number of aliphatic hydroxyl groups excluding tert-OH is 1. The van der Waals surface area contributed by atoms with Crippen LogP contribution in [0.1, 0.15) is 0 Å². The Kier molecular flexibility index (Phi) is 9.20. The van der Waals surface area contributed by atoms with Crippen LogP contribution in [0.15, 0.2) is 72.8 Å². The van der Waals surface area contributed by atoms with E-state index in [1.807, 2.05) is 42.5 Å². The lowest BCUT2D eigenvalue weighted by Gasteiger charge is -2.14. The maximum absolute atomic E-state index is 12.1. The Labute approximate surface area is 199 Å². The third-order valence-electron chi connectivity index (χ3n) is 4.79. The molecular formula is C27H27NO6. The summed E-state index contributed by atoms with van der Waals surface area (Å²) in [5.74, 6) is 3.96. The van der Waals surface area contributed by atoms with E-state index in [0.29, 0.717) is 23.0 Å². The van der Waals surface area contributed by atoms with E-state index in [-0.39, 0.29) is 26.4 Å². The van der Waals surface area contributed by atoms with E-state index in [0.717, 1.165) is 11.1 Å². The average Bonchev–Trinajstić information content (AvgIpc) is 2.89. The molecular weight excluding hydrogens is 434 g/mol. The molecule has 3 aromatic rings. The van der Waals surface area contributed by atoms with Crippen LogP contribution in [0.25, 0.3) is 11.1 Å². The van der Waals surface area contributed by atoms with Gasteiger partial charge in [0.05, 0.1) is 13.7 Å². The summed E-state index contributed by atoms with van der Waals surface area (Å²) in [5.41, 5.74) is 2.15. The van der Waals surface area contributed by atoms with Crippen LogP contribution in [0.4, 0.5) is 0 Å². The maximum atomic E-state index is 12.1. The Morgan fingerprint density at radius 2 is 1.65 bits per heavy atom. The third-order valence-corrected chi connectivity index (χ3v) is 4.79. The van der Waals surface area contributed by atoms with Crippen LogP contribution in [0.2, 0.25) is 0 Å². The van der Waals surface area contributed by atoms with Crippen LogP contribution < -0.4 is 24.3 Å². The van der Waals surface area contributed by atoms with Gasteiger partial charge >= 0.3 is 0 Å². The van der Waals surface area contributed by atoms with Gasteiger partial charge in [-0.3, -0.25) is 4.79 Å². The van der Waals surface area contributed by atoms with Crippen LogP contribution in [0.5, 0.6) is 23.0 Å². The number of rotatable bonds is 12. The van der Waals surface area contributed by atoms with E-state index >= 15 is 0 Å². The van der Waals surface area contributed by atoms with Crippen LogP contribution >= 0.6 is 0 Å². The molecule has 0 radical (unpaired) electrons. The number of hydrogen-bond donors (Lipinski definition) is 2. The summed E-state index contributed by atoms with van der Waals surface area (Å²) >= 11 is 0. The van der Waals surface area contributed by atoms with E-state index in [9.17, 15) is 9.90 Å². The van der Waals surface area contributed by atoms with Gasteiger partial charge < -0.3 is 29.4 Å². The fraction of sp³-hybridized carbons (Fsp3) is 0.222. The van der Waals surface area contributed by atoms with Gasteiger partial charge in [-0.2, -0.15) is 0 Å². The highest BCUT2D eigenvalue weighted by Crippen LogP contribution is 2.31. The SMILES string of the molecule is C#CCOc1ccc(OCCNC(=O)C(O)COc2ccc(-c3ccccc3)cc2)cc1OC. The highest BCUT2D eigenvalue weighted by atomic mass is 16.5. The predicted molar refractivity (Wildman–Crippen MR) is 129 cm³/mol. The molecule has 0 spiro atoms. The molecule has 0 saturated carbocycles. The predicted octanol–water partition coefficient (Wildman–Crippen LogP) is 3.31. The number of carbonyl (C=O) groups is 1. The monoisotopic (exact) mass is 461 g/mol. The summed E-state index contributed by atoms with van der Waals surface area (Å²) in [4.78, 5) is 12.1. The molecule has 2 N–H and O–H groups in total. The topological polar surface area (TPSA) is 86.3 Å². The standard InChI is InChI=1S/C27H27NO6/c1-3-16-33-25-14-13-23(18-26(25)31-2)32-17-15-28-27(30)24(29)19-34-22-11-9-21(10-12-22)20-7-5-4-6-8-20/h1,4-14,18,24,29H,15-17,19H2,2H3,(H,28,30). The fourth-order valence-electron chi connectivity index (χ4n) is 3.06. The number of hydrogen-bond acceptors (Lipinski definition) is 6. The van der Waals surface area contributed by atoms with Crippen molar-refractivity contribution in [1.29, 1.82) is 0 Å². The maximum Gasteiger partial charge on any atom is 0.252 e. The molecule has 3 rings (SSSR count). The first-order valence-electron chi connectivity index (χ1n) is 10.7. The zero-order valence-electron chi connectivity index (χ0n) is 18.9. The minimum Gasteiger partial charge on any atom is -0.493 e. The Bertz CT molecular complexity index is 1090. The van der Waals surface area contributed by atoms with Crippen molar-refractivity contribution in [3.8, 4) is 46.5 Å². The van der Waals surface area contributed by atoms with Gasteiger partial charge in [-0.1, -0.05) is 48.4 Å². The van der Waals surface area contributed by atoms with Crippen LogP contribution in [0, 0.1) is 12.3 Å². The summed E-state index contributed by atoms with van der Waals surface area (Å²) < 4.78 is 21.8. The van der Waals surface area contributed by atoms with Crippen LogP contribution in [-0.4, -0.2) is 50.6 Å². The lowest BCUT2D eigenvalue weighted by molar-refractivity contribution is -0.130. The van der Waals surface area contributed by atoms with Crippen molar-refractivity contribution in [2.75, 3.05) is 33.5 Å². The largest absolute Gasteiger partial charge is 0.493 e. The molecule has 1 atom stereocenters. The molecule has 7 nitrogen and oxygen atoms in total. The number of nitrogens with one attached hydrogen (secondary N) is 1. The van der Waals surface area contributed by atoms with Gasteiger partial charge in [0.25, 0.3) is 5.91 Å². The van der Waals surface area contributed by atoms with Crippen molar-refractivity contribution >= 4 is 5.91 Å². The molecule has 0 aliphatic carbocycles. The van der Waals surface area contributed by atoms with Crippen molar-refractivity contribution in [1.82, 2.24) is 5.32 Å². The summed E-state index contributed by atoms with van der Waals surface area (Å²) in [6, 6.07) is 22.5. The number of ether oxygens (including phenoxy) is 4. The molecule has 176 valence electrons. The first-order valence-corrected chi connectivity index (χ1v) is 10.7. The number of benzene rings is 3. The van der Waals surface area contributed by atoms with Gasteiger partial charge in [-0.05, 0) is 35.4 Å². The van der Waals surface area contributed by atoms with Gasteiger partial charge in [0.1, 0.15) is 31.3 Å². The number of methoxy groups -OCH3 is 1. The minimum absolute atomic E-state index is 0.133. The number of terminal acetylenes is 1. The van der Waals surface area contributed by atoms with E-state index in [1.165, 1.54) is 7.11 Å². The van der Waals surface area contributed by atoms with Crippen molar-refractivity contribution in [3.63, 3.8) is 0 Å². The molecule has 0 heterocycles. The van der Waals surface area contributed by atoms with Crippen LogP contribution in [-0.2, 0) is 4.79 Å². The van der Waals surface area contributed by atoms with E-state index in [4.69, 9.17) is 25.4 Å². The zero-order valence-corrected chi connectivity index (χ0v) is 18.9. The zero-order chi connectivity index (χ0) is 24.2. The molecule has 0 fully saturated rings. The molecule has 0 bridgehead atoms. The number of amides is 1. The highest BCUT2D eigenvalue weighted by molar-refractivity contribution is 5.80. The lowest BCUT2D eigenvalue weighted by atomic mass is 10.1. The van der Waals surface area contributed by atoms with E-state index in [1.54, 1.807) is 30.3 Å². The summed E-state index contributed by atoms with van der Waals surface area (Å²) in [6.45, 7) is 0.384. The molecule has 34 heavy (non-hydrogen) atoms. The van der Waals surface area contributed by atoms with Gasteiger partial charge in [-0.25, -0.2) is 0 Å². The highest BCUT2D eigenvalue weighted by Gasteiger charge is 2.15. The van der Waals surface area contributed by atoms with Crippen molar-refractivity contribution in [2.45, 2.75) is 6.10 Å². The lowest BCUT2D eigenvalue weighted by Crippen LogP contribution is -2.40. The van der Waals surface area contributed by atoms with Crippen molar-refractivity contribution < 1.29 is 28.8 Å². The Balaban J connectivity index is 1.38. The quantitative estimate of drug-likeness (QED) is 0.318. The molecule has 0 aliphatic heterocycles. The van der Waals surface area contributed by atoms with Gasteiger partial charge in [0.15, 0.2) is 17.6 Å². The van der Waals surface area contributed by atoms with Crippen molar-refractivity contribution in [2.24, 2.45) is 0 Å². The summed E-state index contributed by atoms with van der Waals surface area (Å²) in [6.07, 6.45) is 3.89. The smallest absolute Gasteiger partial charge is 0.252 e. The molecule has 0 saturated heterocycles. The molecule has 7 heteroatoms. The molecule has 1 unspecified atom stereocenters. The van der Waals surface area contributed by atoms with Gasteiger partial charge in [0.2, 0.25) is 0 Å². The Morgan fingerprint density at radius 1 is 0.941 bits per heavy atom. The second kappa shape index (κ2) is 12.8. The fourth-order valence-corrected chi connectivity index (χ4v) is 3.06. The first-order chi connectivity index (χ1) is 16.6. The second-order valence-electron chi connectivity index (χ2n) is 7.16. The minimum atomic E-state index is -1.30. The number of carbonyl (C=O) groups excluding carboxylic acids is 1. The molecule has 1 amide bonds. The molecule has 3 aromatic carbocycles. The third kappa shape index (κ3) is 7.19. The summed E-state index contributed by atoms with van der Waals surface area (Å²) in [7, 11) is 1.52. The summed E-state index contributed by atoms with van der Waals surface area (Å²) in [5, 5.41) is 12.7. The first kappa shape index (κ1) is 24.5. The molecule has 0 aromatic heterocycles. The van der Waals surface area contributed by atoms with Gasteiger partial charge in [-0.15, -0.1) is 6.42 Å². The van der Waals surface area contributed by atoms with Gasteiger partial charge in [0, 0.05) is 6.07 Å². The Morgan fingerprint density at radius 3 is 2.35 bits per heavy atom. The van der Waals surface area contributed by atoms with E-state index < -0.39 is 12.0 Å². The normalized spacial score (nSPS) is 11.1. The number of aliphatic hydroxyl groups is 1. The molecule has 0 aliphatic rings. The Hall–Kier alpha value is -4.15. The van der Waals surface area contributed by atoms with Crippen LogP contribution in [0.3, 0.4) is 0 Å². The van der Waals surface area contributed by atoms with E-state index in [2.05, 4.69) is 11.2 Å². The second-order valence-corrected chi connectivity index (χ2v) is 7.16. The average molecular weight is 462 g/mol.